The molecule has 0 aliphatic heterocycles. The van der Waals surface area contributed by atoms with Crippen molar-refractivity contribution >= 4 is 64.2 Å². The third-order valence-corrected chi connectivity index (χ3v) is 4.96. The Morgan fingerprint density at radius 1 is 0.806 bits per heavy atom. The highest BCUT2D eigenvalue weighted by Crippen LogP contribution is 2.29. The van der Waals surface area contributed by atoms with Gasteiger partial charge in [0.15, 0.2) is 6.61 Å². The van der Waals surface area contributed by atoms with Crippen molar-refractivity contribution in [3.8, 4) is 0 Å². The first kappa shape index (κ1) is 24.5. The molecule has 0 heterocycles. The first-order chi connectivity index (χ1) is 14.8. The van der Waals surface area contributed by atoms with Gasteiger partial charge >= 0.3 is 5.97 Å². The molecule has 2 aromatic carbocycles. The highest BCUT2D eigenvalue weighted by Gasteiger charge is 2.13. The van der Waals surface area contributed by atoms with E-state index in [1.807, 2.05) is 0 Å². The normalized spacial score (nSPS) is 10.2. The molecule has 0 spiro atoms. The van der Waals surface area contributed by atoms with Gasteiger partial charge in [0.05, 0.1) is 26.3 Å². The molecule has 0 saturated heterocycles. The van der Waals surface area contributed by atoms with Crippen LogP contribution in [0.3, 0.4) is 0 Å². The number of esters is 1. The van der Waals surface area contributed by atoms with Crippen molar-refractivity contribution in [2.75, 3.05) is 11.9 Å². The Hall–Kier alpha value is -2.81. The number of hydrazine groups is 1. The van der Waals surface area contributed by atoms with Crippen molar-refractivity contribution in [1.29, 1.82) is 0 Å². The summed E-state index contributed by atoms with van der Waals surface area (Å²) in [5.41, 5.74) is 4.98. The molecule has 0 aliphatic rings. The summed E-state index contributed by atoms with van der Waals surface area (Å²) in [6, 6.07) is 11.1. The SMILES string of the molecule is O=C(CCCC(=O)OCC(=O)Nc1cccc(Cl)c1Cl)NNC(=O)c1ccccc1Cl. The molecule has 0 bridgehead atoms. The van der Waals surface area contributed by atoms with E-state index in [-0.39, 0.29) is 39.9 Å². The average molecular weight is 487 g/mol. The number of ether oxygens (including phenoxy) is 1. The van der Waals surface area contributed by atoms with Gasteiger partial charge in [0.2, 0.25) is 5.91 Å². The van der Waals surface area contributed by atoms with Gasteiger partial charge in [0.1, 0.15) is 0 Å². The highest BCUT2D eigenvalue weighted by molar-refractivity contribution is 6.44. The van der Waals surface area contributed by atoms with Crippen LogP contribution < -0.4 is 16.2 Å². The average Bonchev–Trinajstić information content (AvgIpc) is 2.74. The van der Waals surface area contributed by atoms with Crippen LogP contribution in [0.2, 0.25) is 15.1 Å². The summed E-state index contributed by atoms with van der Waals surface area (Å²) in [4.78, 5) is 47.3. The quantitative estimate of drug-likeness (QED) is 0.388. The summed E-state index contributed by atoms with van der Waals surface area (Å²) in [7, 11) is 0. The number of hydrogen-bond acceptors (Lipinski definition) is 5. The molecule has 0 aromatic heterocycles. The Balaban J connectivity index is 1.63. The lowest BCUT2D eigenvalue weighted by Crippen LogP contribution is -2.41. The summed E-state index contributed by atoms with van der Waals surface area (Å²) >= 11 is 17.7. The number of amides is 3. The third-order valence-electron chi connectivity index (χ3n) is 3.81. The number of anilines is 1. The first-order valence-electron chi connectivity index (χ1n) is 9.01. The van der Waals surface area contributed by atoms with Crippen LogP contribution in [0.15, 0.2) is 42.5 Å². The molecule has 164 valence electrons. The van der Waals surface area contributed by atoms with Crippen molar-refractivity contribution < 1.29 is 23.9 Å². The van der Waals surface area contributed by atoms with E-state index >= 15 is 0 Å². The van der Waals surface area contributed by atoms with Crippen LogP contribution >= 0.6 is 34.8 Å². The maximum Gasteiger partial charge on any atom is 0.306 e. The molecular weight excluding hydrogens is 469 g/mol. The van der Waals surface area contributed by atoms with Gasteiger partial charge in [-0.2, -0.15) is 0 Å². The third kappa shape index (κ3) is 8.09. The Labute approximate surface area is 193 Å². The summed E-state index contributed by atoms with van der Waals surface area (Å²) in [5, 5.41) is 3.18. The van der Waals surface area contributed by atoms with Crippen molar-refractivity contribution in [2.45, 2.75) is 19.3 Å². The number of nitrogens with one attached hydrogen (secondary N) is 3. The first-order valence-corrected chi connectivity index (χ1v) is 10.1. The van der Waals surface area contributed by atoms with Gasteiger partial charge in [0, 0.05) is 12.8 Å². The van der Waals surface area contributed by atoms with E-state index in [0.29, 0.717) is 5.69 Å². The second-order valence-electron chi connectivity index (χ2n) is 6.15. The monoisotopic (exact) mass is 485 g/mol. The zero-order valence-electron chi connectivity index (χ0n) is 16.0. The molecule has 0 aliphatic carbocycles. The predicted octanol–water partition coefficient (Wildman–Crippen LogP) is 3.76. The van der Waals surface area contributed by atoms with Crippen LogP contribution in [0.5, 0.6) is 0 Å². The van der Waals surface area contributed by atoms with Crippen molar-refractivity contribution in [2.24, 2.45) is 0 Å². The molecule has 2 aromatic rings. The number of hydrogen-bond donors (Lipinski definition) is 3. The van der Waals surface area contributed by atoms with E-state index < -0.39 is 30.3 Å². The number of benzene rings is 2. The fourth-order valence-electron chi connectivity index (χ4n) is 2.30. The lowest BCUT2D eigenvalue weighted by atomic mass is 10.2. The van der Waals surface area contributed by atoms with Crippen molar-refractivity contribution in [3.05, 3.63) is 63.1 Å². The number of carbonyl (C=O) groups is 4. The molecule has 0 radical (unpaired) electrons. The Morgan fingerprint density at radius 3 is 2.26 bits per heavy atom. The standard InChI is InChI=1S/C20H18Cl3N3O5/c21-13-6-2-1-5-12(13)20(30)26-25-16(27)9-4-10-18(29)31-11-17(28)24-15-8-3-7-14(22)19(15)23/h1-3,5-8H,4,9-11H2,(H,24,28)(H,25,27)(H,26,30). The molecule has 0 unspecified atom stereocenters. The fraction of sp³-hybridized carbons (Fsp3) is 0.200. The molecule has 11 heteroatoms. The van der Waals surface area contributed by atoms with E-state index in [4.69, 9.17) is 39.5 Å². The fourth-order valence-corrected chi connectivity index (χ4v) is 2.87. The smallest absolute Gasteiger partial charge is 0.306 e. The van der Waals surface area contributed by atoms with Gasteiger partial charge in [-0.05, 0) is 30.7 Å². The lowest BCUT2D eigenvalue weighted by Gasteiger charge is -2.09. The second-order valence-corrected chi connectivity index (χ2v) is 7.34. The van der Waals surface area contributed by atoms with Gasteiger partial charge < -0.3 is 10.1 Å². The zero-order valence-corrected chi connectivity index (χ0v) is 18.3. The van der Waals surface area contributed by atoms with E-state index in [1.165, 1.54) is 6.07 Å². The van der Waals surface area contributed by atoms with E-state index in [2.05, 4.69) is 16.2 Å². The van der Waals surface area contributed by atoms with Crippen LogP contribution in [0.1, 0.15) is 29.6 Å². The van der Waals surface area contributed by atoms with Gasteiger partial charge in [0.25, 0.3) is 11.8 Å². The molecule has 3 N–H and O–H groups in total. The maximum absolute atomic E-state index is 11.9. The highest BCUT2D eigenvalue weighted by atomic mass is 35.5. The van der Waals surface area contributed by atoms with Crippen LogP contribution in [-0.2, 0) is 19.1 Å². The van der Waals surface area contributed by atoms with Crippen molar-refractivity contribution in [3.63, 3.8) is 0 Å². The Kier molecular flexibility index (Phi) is 9.58. The van der Waals surface area contributed by atoms with Gasteiger partial charge in [-0.15, -0.1) is 0 Å². The Bertz CT molecular complexity index is 984. The van der Waals surface area contributed by atoms with Gasteiger partial charge in [-0.1, -0.05) is 53.0 Å². The number of rotatable bonds is 8. The summed E-state index contributed by atoms with van der Waals surface area (Å²) in [5.74, 6) is -2.30. The molecule has 0 atom stereocenters. The Morgan fingerprint density at radius 2 is 1.52 bits per heavy atom. The molecule has 3 amide bonds. The molecule has 0 saturated carbocycles. The van der Waals surface area contributed by atoms with E-state index in [0.717, 1.165) is 0 Å². The molecule has 8 nitrogen and oxygen atoms in total. The second kappa shape index (κ2) is 12.1. The van der Waals surface area contributed by atoms with Crippen LogP contribution in [0.25, 0.3) is 0 Å². The lowest BCUT2D eigenvalue weighted by molar-refractivity contribution is -0.147. The molecule has 0 fully saturated rings. The van der Waals surface area contributed by atoms with Gasteiger partial charge in [-0.25, -0.2) is 0 Å². The van der Waals surface area contributed by atoms with Gasteiger partial charge in [-0.3, -0.25) is 30.0 Å². The molecule has 2 rings (SSSR count). The van der Waals surface area contributed by atoms with E-state index in [1.54, 1.807) is 36.4 Å². The van der Waals surface area contributed by atoms with Crippen LogP contribution in [0.4, 0.5) is 5.69 Å². The number of halogens is 3. The number of carbonyl (C=O) groups excluding carboxylic acids is 4. The topological polar surface area (TPSA) is 114 Å². The minimum absolute atomic E-state index is 0.0395. The minimum atomic E-state index is -0.653. The van der Waals surface area contributed by atoms with Crippen molar-refractivity contribution in [1.82, 2.24) is 10.9 Å². The summed E-state index contributed by atoms with van der Waals surface area (Å²) < 4.78 is 4.85. The maximum atomic E-state index is 11.9. The molecular formula is C20H18Cl3N3O5. The summed E-state index contributed by atoms with van der Waals surface area (Å²) in [6.07, 6.45) is 0.0354. The predicted molar refractivity (Wildman–Crippen MR) is 117 cm³/mol. The summed E-state index contributed by atoms with van der Waals surface area (Å²) in [6.45, 7) is -0.512. The van der Waals surface area contributed by atoms with Crippen LogP contribution in [-0.4, -0.2) is 30.3 Å². The van der Waals surface area contributed by atoms with Crippen LogP contribution in [0, 0.1) is 0 Å². The zero-order chi connectivity index (χ0) is 22.8. The largest absolute Gasteiger partial charge is 0.456 e. The molecule has 31 heavy (non-hydrogen) atoms. The van der Waals surface area contributed by atoms with E-state index in [9.17, 15) is 19.2 Å². The minimum Gasteiger partial charge on any atom is -0.456 e.